The number of hydrogen-bond donors (Lipinski definition) is 2. The van der Waals surface area contributed by atoms with Gasteiger partial charge in [-0.05, 0) is 140 Å². The van der Waals surface area contributed by atoms with E-state index < -0.39 is 30.4 Å². The van der Waals surface area contributed by atoms with Crippen LogP contribution < -0.4 is 10.6 Å². The van der Waals surface area contributed by atoms with Gasteiger partial charge in [-0.15, -0.1) is 0 Å². The zero-order chi connectivity index (χ0) is 38.8. The summed E-state index contributed by atoms with van der Waals surface area (Å²) in [6.45, 7) is 6.17. The van der Waals surface area contributed by atoms with Crippen LogP contribution in [0.1, 0.15) is 108 Å². The molecular weight excluding hydrogens is 697 g/mol. The number of unbranched alkanes of at least 4 members (excludes halogenated alkanes) is 1. The Morgan fingerprint density at radius 1 is 0.944 bits per heavy atom. The maximum absolute atomic E-state index is 14.3. The molecule has 1 aliphatic heterocycles. The Balaban J connectivity index is 1.26. The van der Waals surface area contributed by atoms with Gasteiger partial charge in [-0.2, -0.15) is 0 Å². The van der Waals surface area contributed by atoms with Gasteiger partial charge in [0.2, 0.25) is 17.6 Å². The number of methoxy groups -OCH3 is 2. The number of nitrogens with zero attached hydrogens (tertiary/aromatic N) is 1. The first-order valence-corrected chi connectivity index (χ1v) is 19.8. The highest BCUT2D eigenvalue weighted by Crippen LogP contribution is 2.42. The van der Waals surface area contributed by atoms with E-state index in [2.05, 4.69) is 10.6 Å². The molecule has 3 atom stereocenters. The Bertz CT molecular complexity index is 1560. The lowest BCUT2D eigenvalue weighted by atomic mass is 9.75. The molecule has 0 radical (unpaired) electrons. The van der Waals surface area contributed by atoms with Crippen LogP contribution in [0.4, 0.5) is 14.9 Å². The van der Waals surface area contributed by atoms with Gasteiger partial charge in [0.05, 0.1) is 19.4 Å². The molecule has 13 heteroatoms. The summed E-state index contributed by atoms with van der Waals surface area (Å²) in [5, 5.41) is 6.63. The summed E-state index contributed by atoms with van der Waals surface area (Å²) >= 11 is 0. The van der Waals surface area contributed by atoms with Crippen molar-refractivity contribution < 1.29 is 46.9 Å². The smallest absolute Gasteiger partial charge is 0.407 e. The van der Waals surface area contributed by atoms with Crippen molar-refractivity contribution in [1.82, 2.24) is 10.2 Å². The average molecular weight is 758 g/mol. The zero-order valence-electron chi connectivity index (χ0n) is 32.7. The fraction of sp³-hybridized carbons (Fsp3) is 0.707. The Hall–Kier alpha value is -3.71. The standard InChI is InChI=1S/C41H60FN3O9/c1-41(2,3)54-40(49)44-33(18-20-42)27-8-10-28(11-9-27)38(47)45-21-19-32(26-12-15-31(51-5)16-13-26)36(45)37(46)43-30-14-17-34-29(24-30)25-35(53-34)39(48)52-23-7-6-22-50-4/h14,17,24-28,31-33,36H,6-13,15-16,18-23H2,1-5H3,(H,43,46)(H,44,49)/t26-,27-,28-,31-,32-,33+,36-/m0/s1. The SMILES string of the molecule is COCCCCOC(=O)c1cc2cc(NC(=O)[C@@H]3[C@H]([C@H]4CC[C@H](OC)CC4)CCN3C(=O)[C@H]3CC[C@H]([C@@H](CCF)NC(=O)OC(C)(C)C)CC3)ccc2o1. The number of furan rings is 1. The van der Waals surface area contributed by atoms with Crippen LogP contribution in [-0.2, 0) is 28.5 Å². The van der Waals surface area contributed by atoms with E-state index in [-0.39, 0.29) is 60.5 Å². The normalized spacial score (nSPS) is 25.3. The maximum Gasteiger partial charge on any atom is 0.407 e. The number of carbonyl (C=O) groups excluding carboxylic acids is 4. The largest absolute Gasteiger partial charge is 0.460 e. The van der Waals surface area contributed by atoms with Crippen molar-refractivity contribution in [3.8, 4) is 0 Å². The van der Waals surface area contributed by atoms with Crippen LogP contribution in [-0.4, -0.2) is 93.2 Å². The first kappa shape index (κ1) is 41.5. The van der Waals surface area contributed by atoms with Crippen molar-refractivity contribution in [3.05, 3.63) is 30.0 Å². The van der Waals surface area contributed by atoms with Gasteiger partial charge in [0.1, 0.15) is 17.2 Å². The van der Waals surface area contributed by atoms with Gasteiger partial charge in [-0.25, -0.2) is 9.59 Å². The van der Waals surface area contributed by atoms with Crippen LogP contribution in [0.25, 0.3) is 11.0 Å². The van der Waals surface area contributed by atoms with E-state index in [1.165, 1.54) is 0 Å². The van der Waals surface area contributed by atoms with E-state index in [9.17, 15) is 23.6 Å². The number of alkyl halides is 1. The average Bonchev–Trinajstić information content (AvgIpc) is 3.79. The molecule has 3 amide bonds. The van der Waals surface area contributed by atoms with Crippen LogP contribution in [0, 0.1) is 23.7 Å². The number of ether oxygens (including phenoxy) is 4. The molecule has 2 saturated carbocycles. The number of likely N-dealkylation sites (tertiary alicyclic amines) is 1. The number of amides is 3. The number of rotatable bonds is 15. The minimum Gasteiger partial charge on any atom is -0.460 e. The van der Waals surface area contributed by atoms with E-state index in [0.29, 0.717) is 67.8 Å². The summed E-state index contributed by atoms with van der Waals surface area (Å²) in [5.41, 5.74) is 0.379. The minimum atomic E-state index is -0.663. The third-order valence-corrected chi connectivity index (χ3v) is 11.4. The molecule has 1 aromatic carbocycles. The Labute approximate surface area is 318 Å². The van der Waals surface area contributed by atoms with Crippen molar-refractivity contribution in [2.75, 3.05) is 46.0 Å². The highest BCUT2D eigenvalue weighted by Gasteiger charge is 2.47. The van der Waals surface area contributed by atoms with Crippen molar-refractivity contribution >= 4 is 40.5 Å². The van der Waals surface area contributed by atoms with Gasteiger partial charge >= 0.3 is 12.1 Å². The third-order valence-electron chi connectivity index (χ3n) is 11.4. The molecule has 3 aliphatic rings. The van der Waals surface area contributed by atoms with E-state index in [0.717, 1.165) is 38.5 Å². The number of nitrogens with one attached hydrogen (secondary N) is 2. The molecule has 0 bridgehead atoms. The molecule has 2 aliphatic carbocycles. The maximum atomic E-state index is 14.3. The molecular formula is C41H60FN3O9. The second-order valence-corrected chi connectivity index (χ2v) is 16.2. The van der Waals surface area contributed by atoms with E-state index >= 15 is 0 Å². The molecule has 0 spiro atoms. The number of hydrogen-bond acceptors (Lipinski definition) is 9. The van der Waals surface area contributed by atoms with E-state index in [1.54, 1.807) is 59.3 Å². The molecule has 5 rings (SSSR count). The minimum absolute atomic E-state index is 0.0120. The van der Waals surface area contributed by atoms with E-state index in [4.69, 9.17) is 23.4 Å². The molecule has 1 saturated heterocycles. The second-order valence-electron chi connectivity index (χ2n) is 16.2. The van der Waals surface area contributed by atoms with Crippen LogP contribution in [0.2, 0.25) is 0 Å². The van der Waals surface area contributed by atoms with Gasteiger partial charge in [-0.1, -0.05) is 0 Å². The van der Waals surface area contributed by atoms with Crippen molar-refractivity contribution in [1.29, 1.82) is 0 Å². The highest BCUT2D eigenvalue weighted by atomic mass is 19.1. The zero-order valence-corrected chi connectivity index (χ0v) is 32.7. The molecule has 54 heavy (non-hydrogen) atoms. The lowest BCUT2D eigenvalue weighted by Crippen LogP contribution is -2.50. The third kappa shape index (κ3) is 11.0. The number of fused-ring (bicyclic) bond motifs is 1. The summed E-state index contributed by atoms with van der Waals surface area (Å²) in [6.07, 6.45) is 8.33. The number of halogens is 1. The summed E-state index contributed by atoms with van der Waals surface area (Å²) < 4.78 is 40.8. The van der Waals surface area contributed by atoms with E-state index in [1.807, 2.05) is 4.90 Å². The molecule has 2 heterocycles. The predicted octanol–water partition coefficient (Wildman–Crippen LogP) is 7.44. The fourth-order valence-corrected chi connectivity index (χ4v) is 8.67. The molecule has 2 aromatic rings. The quantitative estimate of drug-likeness (QED) is 0.140. The number of esters is 1. The molecule has 2 N–H and O–H groups in total. The van der Waals surface area contributed by atoms with Crippen LogP contribution >= 0.6 is 0 Å². The summed E-state index contributed by atoms with van der Waals surface area (Å²) in [7, 11) is 3.37. The van der Waals surface area contributed by atoms with Crippen LogP contribution in [0.3, 0.4) is 0 Å². The highest BCUT2D eigenvalue weighted by molar-refractivity contribution is 6.00. The molecule has 1 aromatic heterocycles. The predicted molar refractivity (Wildman–Crippen MR) is 202 cm³/mol. The van der Waals surface area contributed by atoms with Gasteiger partial charge in [0, 0.05) is 50.4 Å². The fourth-order valence-electron chi connectivity index (χ4n) is 8.67. The van der Waals surface area contributed by atoms with Gasteiger partial charge in [0.15, 0.2) is 0 Å². The van der Waals surface area contributed by atoms with Gasteiger partial charge in [0.25, 0.3) is 0 Å². The topological polar surface area (TPSA) is 146 Å². The van der Waals surface area contributed by atoms with Crippen molar-refractivity contribution in [3.63, 3.8) is 0 Å². The second kappa shape index (κ2) is 19.2. The monoisotopic (exact) mass is 757 g/mol. The number of alkyl carbamates (subject to hydrolysis) is 1. The lowest BCUT2D eigenvalue weighted by molar-refractivity contribution is -0.142. The number of benzene rings is 1. The Kier molecular flexibility index (Phi) is 14.8. The van der Waals surface area contributed by atoms with Crippen LogP contribution in [0.15, 0.2) is 28.7 Å². The van der Waals surface area contributed by atoms with Gasteiger partial charge < -0.3 is 38.9 Å². The first-order valence-electron chi connectivity index (χ1n) is 19.8. The number of anilines is 1. The van der Waals surface area contributed by atoms with Crippen molar-refractivity contribution in [2.24, 2.45) is 23.7 Å². The summed E-state index contributed by atoms with van der Waals surface area (Å²) in [4.78, 5) is 55.6. The Morgan fingerprint density at radius 3 is 2.33 bits per heavy atom. The van der Waals surface area contributed by atoms with Crippen molar-refractivity contribution in [2.45, 2.75) is 122 Å². The molecule has 12 nitrogen and oxygen atoms in total. The lowest BCUT2D eigenvalue weighted by Gasteiger charge is -2.38. The van der Waals surface area contributed by atoms with Crippen LogP contribution in [0.5, 0.6) is 0 Å². The molecule has 0 unspecified atom stereocenters. The molecule has 300 valence electrons. The summed E-state index contributed by atoms with van der Waals surface area (Å²) in [6, 6.07) is 5.83. The molecule has 3 fully saturated rings. The Morgan fingerprint density at radius 2 is 1.67 bits per heavy atom. The summed E-state index contributed by atoms with van der Waals surface area (Å²) in [5.74, 6) is -0.626. The first-order chi connectivity index (χ1) is 25.9. The number of carbonyl (C=O) groups is 4. The van der Waals surface area contributed by atoms with Gasteiger partial charge in [-0.3, -0.25) is 14.0 Å².